The van der Waals surface area contributed by atoms with Crippen LogP contribution in [0.3, 0.4) is 0 Å². The minimum atomic E-state index is -0.473. The van der Waals surface area contributed by atoms with Gasteiger partial charge in [-0.2, -0.15) is 0 Å². The maximum Gasteiger partial charge on any atom is 0.0725 e. The molecule has 0 fully saturated rings. The fourth-order valence-corrected chi connectivity index (χ4v) is 11.8. The number of para-hydroxylation sites is 1. The van der Waals surface area contributed by atoms with E-state index >= 15 is 0 Å². The van der Waals surface area contributed by atoms with Crippen LogP contribution in [0.15, 0.2) is 249 Å². The molecule has 1 spiro atoms. The van der Waals surface area contributed by atoms with Crippen molar-refractivity contribution in [1.29, 1.82) is 0 Å². The van der Waals surface area contributed by atoms with Gasteiger partial charge in [-0.25, -0.2) is 0 Å². The van der Waals surface area contributed by atoms with E-state index in [1.54, 1.807) is 0 Å². The zero-order valence-corrected chi connectivity index (χ0v) is 34.6. The van der Waals surface area contributed by atoms with Crippen LogP contribution in [0.2, 0.25) is 0 Å². The third-order valence-corrected chi connectivity index (χ3v) is 14.2. The van der Waals surface area contributed by atoms with E-state index in [0.717, 1.165) is 17.1 Å². The average Bonchev–Trinajstić information content (AvgIpc) is 3.95. The van der Waals surface area contributed by atoms with Gasteiger partial charge in [0.05, 0.1) is 16.5 Å². The molecule has 0 radical (unpaired) electrons. The topological polar surface area (TPSA) is 3.24 Å². The second-order valence-corrected chi connectivity index (χ2v) is 17.1. The Hall–Kier alpha value is -8.00. The van der Waals surface area contributed by atoms with Crippen molar-refractivity contribution < 1.29 is 0 Å². The summed E-state index contributed by atoms with van der Waals surface area (Å²) in [5.41, 5.74) is 23.1. The molecule has 0 saturated carbocycles. The minimum absolute atomic E-state index is 0.403. The lowest BCUT2D eigenvalue weighted by atomic mass is 9.68. The predicted molar refractivity (Wildman–Crippen MR) is 260 cm³/mol. The summed E-state index contributed by atoms with van der Waals surface area (Å²) < 4.78 is 0. The summed E-state index contributed by atoms with van der Waals surface area (Å²) in [4.78, 5) is 2.50. The lowest BCUT2D eigenvalue weighted by Gasteiger charge is -2.34. The molecule has 0 saturated heterocycles. The molecule has 1 nitrogen and oxygen atoms in total. The maximum atomic E-state index is 2.50. The van der Waals surface area contributed by atoms with Crippen LogP contribution in [-0.4, -0.2) is 0 Å². The minimum Gasteiger partial charge on any atom is -0.310 e. The summed E-state index contributed by atoms with van der Waals surface area (Å²) in [6.45, 7) is 0. The Morgan fingerprint density at radius 3 is 1.05 bits per heavy atom. The van der Waals surface area contributed by atoms with Crippen LogP contribution in [0.25, 0.3) is 44.5 Å². The number of rotatable bonds is 6. The molecular weight excluding hydrogens is 759 g/mol. The summed E-state index contributed by atoms with van der Waals surface area (Å²) in [7, 11) is 0. The Kier molecular flexibility index (Phi) is 7.80. The highest BCUT2D eigenvalue weighted by Gasteiger charge is 2.52. The highest BCUT2D eigenvalue weighted by atomic mass is 15.1. The van der Waals surface area contributed by atoms with Crippen LogP contribution in [0.4, 0.5) is 17.1 Å². The number of hydrogen-bond donors (Lipinski definition) is 0. The third-order valence-electron chi connectivity index (χ3n) is 14.2. The van der Waals surface area contributed by atoms with Crippen molar-refractivity contribution in [3.05, 3.63) is 293 Å². The molecule has 3 aliphatic rings. The normalized spacial score (nSPS) is 14.0. The van der Waals surface area contributed by atoms with Gasteiger partial charge in [-0.15, -0.1) is 0 Å². The van der Waals surface area contributed by atoms with E-state index in [9.17, 15) is 0 Å². The first-order valence-corrected chi connectivity index (χ1v) is 22.0. The molecule has 0 atom stereocenters. The summed E-state index contributed by atoms with van der Waals surface area (Å²) in [6, 6.07) is 92.6. The van der Waals surface area contributed by atoms with Gasteiger partial charge in [0.25, 0.3) is 0 Å². The van der Waals surface area contributed by atoms with Gasteiger partial charge in [0.15, 0.2) is 0 Å². The molecule has 0 amide bonds. The number of hydrogen-bond acceptors (Lipinski definition) is 1. The first-order chi connectivity index (χ1) is 31.3. The third kappa shape index (κ3) is 4.88. The molecule has 0 aliphatic heterocycles. The van der Waals surface area contributed by atoms with Crippen molar-refractivity contribution in [3.63, 3.8) is 0 Å². The molecule has 13 rings (SSSR count). The zero-order valence-electron chi connectivity index (χ0n) is 34.6. The van der Waals surface area contributed by atoms with Gasteiger partial charge in [0.2, 0.25) is 0 Å². The predicted octanol–water partition coefficient (Wildman–Crippen LogP) is 15.5. The molecule has 0 heterocycles. The van der Waals surface area contributed by atoms with Crippen LogP contribution >= 0.6 is 0 Å². The standard InChI is InChI=1S/C62H41N/c1-4-20-42(21-5-1)47-26-14-19-35-60(47)63(45-36-38-58-52(40-45)50-29-12-15-31-54(50)61(58,43-22-6-2-7-23-43)44-24-8-3-9-25-44)46-37-39-59-53(41-46)51-30-13-18-34-57(51)62(59)55-32-16-10-27-48(55)49-28-11-17-33-56(49)62/h1-41H. The number of fused-ring (bicyclic) bond motifs is 13. The van der Waals surface area contributed by atoms with Crippen molar-refractivity contribution in [3.8, 4) is 44.5 Å². The number of benzene rings is 10. The van der Waals surface area contributed by atoms with Crippen molar-refractivity contribution in [2.24, 2.45) is 0 Å². The molecule has 3 aliphatic carbocycles. The second kappa shape index (κ2) is 13.8. The van der Waals surface area contributed by atoms with E-state index in [0.29, 0.717) is 0 Å². The van der Waals surface area contributed by atoms with Crippen LogP contribution < -0.4 is 4.90 Å². The lowest BCUT2D eigenvalue weighted by molar-refractivity contribution is 0.768. The van der Waals surface area contributed by atoms with Crippen LogP contribution in [0.5, 0.6) is 0 Å². The smallest absolute Gasteiger partial charge is 0.0725 e. The van der Waals surface area contributed by atoms with Crippen LogP contribution in [0, 0.1) is 0 Å². The Morgan fingerprint density at radius 2 is 0.571 bits per heavy atom. The highest BCUT2D eigenvalue weighted by Crippen LogP contribution is 2.64. The number of nitrogens with zero attached hydrogens (tertiary/aromatic N) is 1. The van der Waals surface area contributed by atoms with Crippen molar-refractivity contribution in [2.45, 2.75) is 10.8 Å². The molecule has 0 bridgehead atoms. The Labute approximate surface area is 368 Å². The summed E-state index contributed by atoms with van der Waals surface area (Å²) >= 11 is 0. The van der Waals surface area contributed by atoms with Crippen molar-refractivity contribution in [2.75, 3.05) is 4.90 Å². The Morgan fingerprint density at radius 1 is 0.238 bits per heavy atom. The van der Waals surface area contributed by atoms with Crippen LogP contribution in [0.1, 0.15) is 44.5 Å². The van der Waals surface area contributed by atoms with E-state index in [1.165, 1.54) is 89.0 Å². The molecule has 1 heteroatoms. The number of anilines is 3. The lowest BCUT2D eigenvalue weighted by Crippen LogP contribution is -2.28. The van der Waals surface area contributed by atoms with Gasteiger partial charge in [-0.3, -0.25) is 0 Å². The van der Waals surface area contributed by atoms with Gasteiger partial charge in [0, 0.05) is 16.9 Å². The molecule has 0 N–H and O–H groups in total. The zero-order chi connectivity index (χ0) is 41.5. The van der Waals surface area contributed by atoms with E-state index in [1.807, 2.05) is 0 Å². The van der Waals surface area contributed by atoms with Crippen LogP contribution in [-0.2, 0) is 10.8 Å². The van der Waals surface area contributed by atoms with Gasteiger partial charge in [0.1, 0.15) is 0 Å². The quantitative estimate of drug-likeness (QED) is 0.162. The van der Waals surface area contributed by atoms with E-state index < -0.39 is 10.8 Å². The van der Waals surface area contributed by atoms with E-state index in [4.69, 9.17) is 0 Å². The molecule has 10 aromatic carbocycles. The first kappa shape index (κ1) is 35.7. The summed E-state index contributed by atoms with van der Waals surface area (Å²) in [5, 5.41) is 0. The molecule has 10 aromatic rings. The SMILES string of the molecule is c1ccc(-c2ccccc2N(c2ccc3c(c2)-c2ccccc2C3(c2ccccc2)c2ccccc2)c2ccc3c(c2)-c2ccccc2C32c3ccccc3-c3ccccc32)cc1. The maximum absolute atomic E-state index is 2.50. The summed E-state index contributed by atoms with van der Waals surface area (Å²) in [6.07, 6.45) is 0. The van der Waals surface area contributed by atoms with Gasteiger partial charge in [-0.1, -0.05) is 218 Å². The Bertz CT molecular complexity index is 3220. The van der Waals surface area contributed by atoms with Gasteiger partial charge >= 0.3 is 0 Å². The monoisotopic (exact) mass is 799 g/mol. The molecule has 0 unspecified atom stereocenters. The molecule has 0 aromatic heterocycles. The second-order valence-electron chi connectivity index (χ2n) is 17.1. The fourth-order valence-electron chi connectivity index (χ4n) is 11.8. The Balaban J connectivity index is 1.08. The average molecular weight is 800 g/mol. The largest absolute Gasteiger partial charge is 0.310 e. The first-order valence-electron chi connectivity index (χ1n) is 22.0. The molecule has 63 heavy (non-hydrogen) atoms. The van der Waals surface area contributed by atoms with Crippen molar-refractivity contribution in [1.82, 2.24) is 0 Å². The molecule has 294 valence electrons. The van der Waals surface area contributed by atoms with E-state index in [-0.39, 0.29) is 0 Å². The highest BCUT2D eigenvalue weighted by molar-refractivity contribution is 5.98. The fraction of sp³-hybridized carbons (Fsp3) is 0.0323. The summed E-state index contributed by atoms with van der Waals surface area (Å²) in [5.74, 6) is 0. The van der Waals surface area contributed by atoms with Gasteiger partial charge in [-0.05, 0) is 114 Å². The van der Waals surface area contributed by atoms with Crippen molar-refractivity contribution >= 4 is 17.1 Å². The molecular formula is C62H41N. The van der Waals surface area contributed by atoms with Gasteiger partial charge < -0.3 is 4.90 Å². The van der Waals surface area contributed by atoms with E-state index in [2.05, 4.69) is 254 Å².